The molecule has 12 heteroatoms. The Labute approximate surface area is 279 Å². The summed E-state index contributed by atoms with van der Waals surface area (Å²) in [7, 11) is 8.28. The fraction of sp³-hybridized carbons (Fsp3) is 0.147. The van der Waals surface area contributed by atoms with E-state index in [0.29, 0.717) is 49.1 Å². The van der Waals surface area contributed by atoms with Crippen molar-refractivity contribution in [2.75, 3.05) is 40.3 Å². The summed E-state index contributed by atoms with van der Waals surface area (Å²) in [5, 5.41) is 5.53. The Bertz CT molecular complexity index is 1950. The maximum absolute atomic E-state index is 13.6. The number of hydrazone groups is 1. The Kier molecular flexibility index (Phi) is 9.84. The third-order valence-corrected chi connectivity index (χ3v) is 7.94. The number of aromatic amines is 1. The second kappa shape index (κ2) is 14.0. The first-order valence-corrected chi connectivity index (χ1v) is 15.0. The van der Waals surface area contributed by atoms with Crippen LogP contribution in [-0.4, -0.2) is 58.5 Å². The molecule has 1 amide bonds. The Balaban J connectivity index is 1.44. The first kappa shape index (κ1) is 32.4. The van der Waals surface area contributed by atoms with Gasteiger partial charge in [-0.05, 0) is 54.6 Å². The van der Waals surface area contributed by atoms with Crippen molar-refractivity contribution in [3.8, 4) is 34.1 Å². The number of hydrogen-bond acceptors (Lipinski definition) is 8. The van der Waals surface area contributed by atoms with E-state index in [1.807, 2.05) is 55.4 Å². The zero-order chi connectivity index (χ0) is 33.0. The van der Waals surface area contributed by atoms with E-state index in [1.54, 1.807) is 24.3 Å². The minimum Gasteiger partial charge on any atom is -0.493 e. The number of carbonyl (C=O) groups is 2. The third kappa shape index (κ3) is 6.65. The van der Waals surface area contributed by atoms with Crippen molar-refractivity contribution in [3.05, 3.63) is 99.1 Å². The van der Waals surface area contributed by atoms with Crippen LogP contribution < -0.4 is 29.3 Å². The number of H-pyrrole nitrogens is 1. The molecule has 0 aliphatic rings. The zero-order valence-electron chi connectivity index (χ0n) is 25.6. The molecule has 0 atom stereocenters. The lowest BCUT2D eigenvalue weighted by molar-refractivity contribution is 0.0733. The SMILES string of the molecule is COc1cc(C(=O)Oc2ccc(Br)cc2C=NNC(=O)c2[nH]c3ccc(N(C)C)cc3c2-c2ccccc2Cl)cc(OC)c1OC. The second-order valence-electron chi connectivity index (χ2n) is 10.2. The summed E-state index contributed by atoms with van der Waals surface area (Å²) in [5.41, 5.74) is 6.57. The molecular formula is C34H30BrClN4O6. The number of methoxy groups -OCH3 is 3. The number of carbonyl (C=O) groups excluding carboxylic acids is 2. The molecule has 4 aromatic carbocycles. The molecule has 0 fully saturated rings. The number of rotatable bonds is 10. The largest absolute Gasteiger partial charge is 0.493 e. The first-order chi connectivity index (χ1) is 22.1. The molecule has 1 aromatic heterocycles. The number of nitrogens with one attached hydrogen (secondary N) is 2. The van der Waals surface area contributed by atoms with Crippen molar-refractivity contribution in [2.24, 2.45) is 5.10 Å². The molecule has 5 rings (SSSR count). The molecule has 46 heavy (non-hydrogen) atoms. The number of anilines is 1. The van der Waals surface area contributed by atoms with Crippen LogP contribution in [0.15, 0.2) is 82.4 Å². The number of halogens is 2. The number of fused-ring (bicyclic) bond motifs is 1. The van der Waals surface area contributed by atoms with Gasteiger partial charge in [-0.15, -0.1) is 0 Å². The molecule has 0 aliphatic carbocycles. The van der Waals surface area contributed by atoms with Crippen LogP contribution in [0.4, 0.5) is 5.69 Å². The normalized spacial score (nSPS) is 11.0. The van der Waals surface area contributed by atoms with Crippen LogP contribution in [0.2, 0.25) is 5.02 Å². The highest BCUT2D eigenvalue weighted by molar-refractivity contribution is 9.10. The number of benzene rings is 4. The third-order valence-electron chi connectivity index (χ3n) is 7.11. The van der Waals surface area contributed by atoms with Crippen LogP contribution in [0.1, 0.15) is 26.4 Å². The van der Waals surface area contributed by atoms with Gasteiger partial charge >= 0.3 is 5.97 Å². The second-order valence-corrected chi connectivity index (χ2v) is 11.5. The first-order valence-electron chi connectivity index (χ1n) is 13.9. The number of ether oxygens (including phenoxy) is 4. The molecule has 5 aromatic rings. The van der Waals surface area contributed by atoms with Crippen LogP contribution in [-0.2, 0) is 0 Å². The molecular weight excluding hydrogens is 676 g/mol. The molecule has 0 saturated carbocycles. The maximum atomic E-state index is 13.6. The lowest BCUT2D eigenvalue weighted by Crippen LogP contribution is -2.19. The van der Waals surface area contributed by atoms with E-state index in [4.69, 9.17) is 30.5 Å². The average molecular weight is 706 g/mol. The summed E-state index contributed by atoms with van der Waals surface area (Å²) in [6.07, 6.45) is 1.39. The lowest BCUT2D eigenvalue weighted by Gasteiger charge is -2.14. The van der Waals surface area contributed by atoms with E-state index < -0.39 is 11.9 Å². The molecule has 0 bridgehead atoms. The Morgan fingerprint density at radius 2 is 1.63 bits per heavy atom. The highest BCUT2D eigenvalue weighted by atomic mass is 79.9. The molecule has 0 spiro atoms. The summed E-state index contributed by atoms with van der Waals surface area (Å²) in [5.74, 6) is 0.0120. The van der Waals surface area contributed by atoms with Gasteiger partial charge in [0.25, 0.3) is 5.91 Å². The standard InChI is InChI=1S/C34H30BrClN4O6/c1-40(2)22-11-12-26-24(17-22)30(23-8-6-7-9-25(23)36)31(38-26)33(41)39-37-18-20-14-21(35)10-13-27(20)46-34(42)19-15-28(43-3)32(45-5)29(16-19)44-4/h6-18,38H,1-5H3,(H,39,41). The Morgan fingerprint density at radius 3 is 2.28 bits per heavy atom. The summed E-state index contributed by atoms with van der Waals surface area (Å²) >= 11 is 10.0. The summed E-state index contributed by atoms with van der Waals surface area (Å²) < 4.78 is 22.5. The molecule has 0 saturated heterocycles. The van der Waals surface area contributed by atoms with Crippen molar-refractivity contribution >= 4 is 62.2 Å². The highest BCUT2D eigenvalue weighted by Gasteiger charge is 2.22. The van der Waals surface area contributed by atoms with Gasteiger partial charge in [0.15, 0.2) is 11.5 Å². The predicted molar refractivity (Wildman–Crippen MR) is 183 cm³/mol. The van der Waals surface area contributed by atoms with E-state index in [9.17, 15) is 9.59 Å². The van der Waals surface area contributed by atoms with Gasteiger partial charge in [-0.1, -0.05) is 45.7 Å². The van der Waals surface area contributed by atoms with Crippen LogP contribution in [0.3, 0.4) is 0 Å². The van der Waals surface area contributed by atoms with Gasteiger partial charge in [0.2, 0.25) is 5.75 Å². The maximum Gasteiger partial charge on any atom is 0.343 e. The van der Waals surface area contributed by atoms with Crippen LogP contribution in [0.25, 0.3) is 22.0 Å². The smallest absolute Gasteiger partial charge is 0.343 e. The molecule has 0 aliphatic heterocycles. The highest BCUT2D eigenvalue weighted by Crippen LogP contribution is 2.39. The van der Waals surface area contributed by atoms with Crippen molar-refractivity contribution in [1.29, 1.82) is 0 Å². The minimum atomic E-state index is -0.667. The summed E-state index contributed by atoms with van der Waals surface area (Å²) in [6.45, 7) is 0. The van der Waals surface area contributed by atoms with Crippen molar-refractivity contribution in [2.45, 2.75) is 0 Å². The van der Waals surface area contributed by atoms with Gasteiger partial charge in [0.1, 0.15) is 11.4 Å². The van der Waals surface area contributed by atoms with Crippen molar-refractivity contribution in [3.63, 3.8) is 0 Å². The quantitative estimate of drug-likeness (QED) is 0.0677. The zero-order valence-corrected chi connectivity index (χ0v) is 27.9. The van der Waals surface area contributed by atoms with Crippen LogP contribution in [0.5, 0.6) is 23.0 Å². The molecule has 0 radical (unpaired) electrons. The predicted octanol–water partition coefficient (Wildman–Crippen LogP) is 7.33. The van der Waals surface area contributed by atoms with Gasteiger partial charge in [-0.3, -0.25) is 4.79 Å². The average Bonchev–Trinajstić information content (AvgIpc) is 3.44. The summed E-state index contributed by atoms with van der Waals surface area (Å²) in [4.78, 5) is 32.0. The van der Waals surface area contributed by atoms with Gasteiger partial charge < -0.3 is 28.8 Å². The van der Waals surface area contributed by atoms with Gasteiger partial charge in [0, 0.05) is 56.9 Å². The van der Waals surface area contributed by atoms with E-state index >= 15 is 0 Å². The molecule has 2 N–H and O–H groups in total. The van der Waals surface area contributed by atoms with E-state index in [-0.39, 0.29) is 11.3 Å². The van der Waals surface area contributed by atoms with Crippen molar-refractivity contribution in [1.82, 2.24) is 10.4 Å². The van der Waals surface area contributed by atoms with Crippen LogP contribution in [0, 0.1) is 0 Å². The van der Waals surface area contributed by atoms with Crippen molar-refractivity contribution < 1.29 is 28.5 Å². The number of esters is 1. The van der Waals surface area contributed by atoms with Gasteiger partial charge in [-0.25, -0.2) is 10.2 Å². The molecule has 10 nitrogen and oxygen atoms in total. The topological polar surface area (TPSA) is 114 Å². The van der Waals surface area contributed by atoms with Crippen LogP contribution >= 0.6 is 27.5 Å². The minimum absolute atomic E-state index is 0.178. The molecule has 0 unspecified atom stereocenters. The van der Waals surface area contributed by atoms with Gasteiger partial charge in [-0.2, -0.15) is 5.10 Å². The number of hydrogen-bond donors (Lipinski definition) is 2. The fourth-order valence-corrected chi connectivity index (χ4v) is 5.47. The lowest BCUT2D eigenvalue weighted by atomic mass is 10.0. The van der Waals surface area contributed by atoms with E-state index in [0.717, 1.165) is 16.6 Å². The number of amides is 1. The number of aromatic nitrogens is 1. The summed E-state index contributed by atoms with van der Waals surface area (Å²) in [6, 6.07) is 21.2. The molecule has 1 heterocycles. The molecule has 236 valence electrons. The fourth-order valence-electron chi connectivity index (χ4n) is 4.86. The Hall–Kier alpha value is -5.00. The number of nitrogens with zero attached hydrogens (tertiary/aromatic N) is 2. The van der Waals surface area contributed by atoms with E-state index in [1.165, 1.54) is 39.7 Å². The monoisotopic (exact) mass is 704 g/mol. The van der Waals surface area contributed by atoms with E-state index in [2.05, 4.69) is 31.4 Å². The Morgan fingerprint density at radius 1 is 0.913 bits per heavy atom. The van der Waals surface area contributed by atoms with Gasteiger partial charge in [0.05, 0.1) is 33.1 Å².